The Balaban J connectivity index is 2.59. The van der Waals surface area contributed by atoms with Crippen LogP contribution in [0.5, 0.6) is 0 Å². The third-order valence-corrected chi connectivity index (χ3v) is 11.9. The molecule has 0 radical (unpaired) electrons. The van der Waals surface area contributed by atoms with E-state index in [1.807, 2.05) is 0 Å². The average Bonchev–Trinajstić information content (AvgIpc) is 3.49. The highest BCUT2D eigenvalue weighted by Gasteiger charge is 2.41. The molecule has 7 N–H and O–H groups in total. The number of ketones is 1. The van der Waals surface area contributed by atoms with E-state index in [4.69, 9.17) is 23.8 Å². The quantitative estimate of drug-likeness (QED) is 0.0139. The highest BCUT2D eigenvalue weighted by atomic mass is 31.2. The third-order valence-electron chi connectivity index (χ3n) is 10.5. The molecule has 0 heterocycles. The number of aliphatic hydroxyl groups excluding tert-OH is 4. The summed E-state index contributed by atoms with van der Waals surface area (Å²) in [5.41, 5.74) is 0. The maximum absolute atomic E-state index is 12.8. The maximum atomic E-state index is 12.8. The Morgan fingerprint density at radius 2 is 1.24 bits per heavy atom. The molecule has 8 atom stereocenters. The van der Waals surface area contributed by atoms with Crippen LogP contribution in [0.4, 0.5) is 0 Å². The summed E-state index contributed by atoms with van der Waals surface area (Å²) in [5, 5.41) is 41.1. The topological polar surface area (TPSA) is 273 Å². The second kappa shape index (κ2) is 35.1. The van der Waals surface area contributed by atoms with Crippen LogP contribution in [-0.2, 0) is 46.6 Å². The summed E-state index contributed by atoms with van der Waals surface area (Å²) in [6, 6.07) is 0. The minimum absolute atomic E-state index is 0.0321. The lowest BCUT2D eigenvalue weighted by atomic mass is 9.87. The molecular weight excluding hydrogens is 862 g/mol. The standard InChI is InChI=1S/C44H78O17P2/c1-3-5-7-8-9-10-11-12-13-14-15-16-17-18-20-26-44(51)61-38(34-60-63(55,56)59-32-37(47)31-58-62(52,53)54)33-57-43(50)25-22-21-24-36(46)29-40-39(41(48)30-42(40)49)28-27-35(45)23-19-6-4-2/h9-10,12-13,27-28,35,37-42,45,47-49H,3-8,11,14-26,29-34H2,1-2H3,(H,55,56)(H2,52,53,54)/b10-9-,13-12-,28-27+/t35-,37-,38+,39+,40+,41+,42-/m0/s1. The van der Waals surface area contributed by atoms with E-state index < -0.39 is 96.4 Å². The van der Waals surface area contributed by atoms with E-state index in [9.17, 15) is 48.8 Å². The minimum Gasteiger partial charge on any atom is -0.462 e. The van der Waals surface area contributed by atoms with Crippen LogP contribution in [0.2, 0.25) is 0 Å². The Kier molecular flexibility index (Phi) is 32.8. The predicted molar refractivity (Wildman–Crippen MR) is 237 cm³/mol. The molecule has 1 saturated carbocycles. The van der Waals surface area contributed by atoms with Crippen molar-refractivity contribution < 1.29 is 81.7 Å². The number of unbranched alkanes of at least 4 members (excludes halogenated alkanes) is 11. The number of rotatable bonds is 39. The average molecular weight is 941 g/mol. The van der Waals surface area contributed by atoms with Crippen LogP contribution in [0.3, 0.4) is 0 Å². The van der Waals surface area contributed by atoms with Crippen LogP contribution < -0.4 is 0 Å². The minimum atomic E-state index is -4.91. The highest BCUT2D eigenvalue weighted by molar-refractivity contribution is 7.47. The van der Waals surface area contributed by atoms with Gasteiger partial charge in [-0.25, -0.2) is 9.13 Å². The molecule has 1 aliphatic rings. The summed E-state index contributed by atoms with van der Waals surface area (Å²) >= 11 is 0. The molecule has 1 rings (SSSR count). The summed E-state index contributed by atoms with van der Waals surface area (Å²) in [5.74, 6) is -2.46. The van der Waals surface area contributed by atoms with Gasteiger partial charge in [-0.05, 0) is 57.8 Å². The second-order valence-corrected chi connectivity index (χ2v) is 19.0. The van der Waals surface area contributed by atoms with E-state index in [-0.39, 0.29) is 44.3 Å². The zero-order chi connectivity index (χ0) is 46.9. The van der Waals surface area contributed by atoms with Crippen LogP contribution in [0.15, 0.2) is 36.5 Å². The number of esters is 2. The predicted octanol–water partition coefficient (Wildman–Crippen LogP) is 7.23. The van der Waals surface area contributed by atoms with Crippen LogP contribution in [-0.4, -0.2) is 110 Å². The molecule has 0 amide bonds. The molecule has 1 unspecified atom stereocenters. The van der Waals surface area contributed by atoms with Crippen molar-refractivity contribution in [1.82, 2.24) is 0 Å². The number of phosphoric ester groups is 2. The summed E-state index contributed by atoms with van der Waals surface area (Å²) in [4.78, 5) is 65.8. The molecular formula is C44H78O17P2. The fourth-order valence-corrected chi connectivity index (χ4v) is 8.06. The Bertz CT molecular complexity index is 1430. The molecule has 0 aromatic heterocycles. The van der Waals surface area contributed by atoms with Gasteiger partial charge < -0.3 is 44.6 Å². The van der Waals surface area contributed by atoms with Crippen molar-refractivity contribution in [2.75, 3.05) is 26.4 Å². The molecule has 0 aromatic carbocycles. The molecule has 63 heavy (non-hydrogen) atoms. The van der Waals surface area contributed by atoms with Crippen LogP contribution in [0.25, 0.3) is 0 Å². The van der Waals surface area contributed by atoms with Gasteiger partial charge in [0.15, 0.2) is 6.10 Å². The SMILES string of the molecule is CCCCC/C=C\C/C=C\CCCCCCCC(=O)O[C@H](COC(=O)CCCCC(=O)C[C@@H]1[C@@H](/C=C/[C@@H](O)CCCCC)[C@H](O)C[C@@H]1O)COP(=O)(O)OC[C@@H](O)COP(=O)(O)O. The van der Waals surface area contributed by atoms with Crippen LogP contribution in [0.1, 0.15) is 155 Å². The zero-order valence-electron chi connectivity index (χ0n) is 37.5. The van der Waals surface area contributed by atoms with Crippen molar-refractivity contribution in [3.05, 3.63) is 36.5 Å². The number of phosphoric acid groups is 2. The third kappa shape index (κ3) is 32.2. The van der Waals surface area contributed by atoms with Gasteiger partial charge in [-0.3, -0.25) is 28.0 Å². The van der Waals surface area contributed by atoms with Gasteiger partial charge in [0.05, 0.1) is 38.1 Å². The summed E-state index contributed by atoms with van der Waals surface area (Å²) < 4.78 is 47.7. The number of hydrogen-bond donors (Lipinski definition) is 7. The molecule has 366 valence electrons. The first kappa shape index (κ1) is 58.9. The van der Waals surface area contributed by atoms with E-state index >= 15 is 0 Å². The van der Waals surface area contributed by atoms with E-state index in [2.05, 4.69) is 47.2 Å². The Hall–Kier alpha value is -2.11. The fourth-order valence-electron chi connectivity index (χ4n) is 6.90. The number of carbonyl (C=O) groups excluding carboxylic acids is 3. The second-order valence-electron chi connectivity index (χ2n) is 16.3. The zero-order valence-corrected chi connectivity index (χ0v) is 39.3. The van der Waals surface area contributed by atoms with Gasteiger partial charge in [0.1, 0.15) is 18.5 Å². The summed E-state index contributed by atoms with van der Waals surface area (Å²) in [7, 11) is -9.81. The Morgan fingerprint density at radius 1 is 0.667 bits per heavy atom. The van der Waals surface area contributed by atoms with Gasteiger partial charge >= 0.3 is 27.6 Å². The molecule has 0 saturated heterocycles. The number of carbonyl (C=O) groups is 3. The first-order valence-electron chi connectivity index (χ1n) is 22.9. The molecule has 0 aliphatic heterocycles. The normalized spacial score (nSPS) is 20.7. The highest BCUT2D eigenvalue weighted by Crippen LogP contribution is 2.44. The van der Waals surface area contributed by atoms with Gasteiger partial charge in [-0.2, -0.15) is 0 Å². The number of hydrogen-bond acceptors (Lipinski definition) is 14. The van der Waals surface area contributed by atoms with Gasteiger partial charge in [-0.1, -0.05) is 102 Å². The van der Waals surface area contributed by atoms with Gasteiger partial charge in [0, 0.05) is 43.9 Å². The van der Waals surface area contributed by atoms with Gasteiger partial charge in [-0.15, -0.1) is 0 Å². The van der Waals surface area contributed by atoms with E-state index in [1.54, 1.807) is 12.2 Å². The van der Waals surface area contributed by atoms with Gasteiger partial charge in [0.2, 0.25) is 0 Å². The molecule has 0 bridgehead atoms. The molecule has 0 spiro atoms. The number of allylic oxidation sites excluding steroid dienone is 4. The maximum Gasteiger partial charge on any atom is 0.472 e. The Morgan fingerprint density at radius 3 is 1.92 bits per heavy atom. The lowest BCUT2D eigenvalue weighted by molar-refractivity contribution is -0.161. The van der Waals surface area contributed by atoms with Crippen molar-refractivity contribution in [1.29, 1.82) is 0 Å². The first-order chi connectivity index (χ1) is 30.0. The van der Waals surface area contributed by atoms with Crippen molar-refractivity contribution in [2.45, 2.75) is 186 Å². The fraction of sp³-hybridized carbons (Fsp3) is 0.795. The number of Topliss-reactive ketones (excluding diaryl/α,β-unsaturated/α-hetero) is 1. The van der Waals surface area contributed by atoms with Crippen molar-refractivity contribution in [3.8, 4) is 0 Å². The molecule has 19 heteroatoms. The van der Waals surface area contributed by atoms with Crippen LogP contribution in [0, 0.1) is 11.8 Å². The van der Waals surface area contributed by atoms with Crippen molar-refractivity contribution in [2.24, 2.45) is 11.8 Å². The molecule has 1 fully saturated rings. The summed E-state index contributed by atoms with van der Waals surface area (Å²) in [6.45, 7) is 1.18. The number of aliphatic hydroxyl groups is 4. The van der Waals surface area contributed by atoms with Crippen LogP contribution >= 0.6 is 15.6 Å². The monoisotopic (exact) mass is 940 g/mol. The van der Waals surface area contributed by atoms with Gasteiger partial charge in [0.25, 0.3) is 0 Å². The number of ether oxygens (including phenoxy) is 2. The summed E-state index contributed by atoms with van der Waals surface area (Å²) in [6.07, 6.45) is 22.0. The first-order valence-corrected chi connectivity index (χ1v) is 25.9. The largest absolute Gasteiger partial charge is 0.472 e. The van der Waals surface area contributed by atoms with Crippen molar-refractivity contribution in [3.63, 3.8) is 0 Å². The lowest BCUT2D eigenvalue weighted by Crippen LogP contribution is -2.30. The van der Waals surface area contributed by atoms with E-state index in [0.29, 0.717) is 19.3 Å². The Labute approximate surface area is 374 Å². The van der Waals surface area contributed by atoms with E-state index in [0.717, 1.165) is 64.2 Å². The molecule has 1 aliphatic carbocycles. The molecule has 0 aromatic rings. The van der Waals surface area contributed by atoms with E-state index in [1.165, 1.54) is 19.3 Å². The molecule has 17 nitrogen and oxygen atoms in total. The van der Waals surface area contributed by atoms with Crippen molar-refractivity contribution >= 4 is 33.4 Å². The lowest BCUT2D eigenvalue weighted by Gasteiger charge is -2.21. The smallest absolute Gasteiger partial charge is 0.462 e.